The van der Waals surface area contributed by atoms with E-state index in [-0.39, 0.29) is 0 Å². The molecule has 4 heteroatoms. The fraction of sp³-hybridized carbons (Fsp3) is 0. The summed E-state index contributed by atoms with van der Waals surface area (Å²) >= 11 is 7.20. The monoisotopic (exact) mass is 113 g/mol. The van der Waals surface area contributed by atoms with Crippen molar-refractivity contribution in [2.45, 2.75) is 0 Å². The summed E-state index contributed by atoms with van der Waals surface area (Å²) in [4.78, 5) is 0. The third-order valence-corrected chi connectivity index (χ3v) is 0. The van der Waals surface area contributed by atoms with Crippen LogP contribution in [0, 0.1) is 5.16 Å². The van der Waals surface area contributed by atoms with Gasteiger partial charge < -0.3 is 5.16 Å². The van der Waals surface area contributed by atoms with Crippen LogP contribution >= 0.6 is 30.6 Å². The average Bonchev–Trinajstić information content (AvgIpc) is 0.811. The van der Waals surface area contributed by atoms with Crippen molar-refractivity contribution in [3.8, 4) is 0 Å². The lowest BCUT2D eigenvalue weighted by atomic mass is 14.0. The smallest absolute Gasteiger partial charge is 0.0529 e. The molecule has 0 saturated carbocycles. The molecule has 0 aromatic heterocycles. The molecular weight excluding hydrogens is 109 g/mol. The molecule has 0 unspecified atom stereocenters. The molecule has 0 aliphatic rings. The molecule has 0 bridgehead atoms. The molecule has 4 heavy (non-hydrogen) atoms. The first kappa shape index (κ1) is 4.93. The van der Waals surface area contributed by atoms with E-state index < -0.39 is 6.12 Å². The maximum absolute atomic E-state index is 6.41. The molecule has 0 aromatic rings. The summed E-state index contributed by atoms with van der Waals surface area (Å²) in [5.41, 5.74) is 0. The van der Waals surface area contributed by atoms with Crippen molar-refractivity contribution >= 4 is 30.6 Å². The van der Waals surface area contributed by atoms with Gasteiger partial charge in [0, 0.05) is 0 Å². The number of thiol groups is 2. The minimum Gasteiger partial charge on any atom is -0.301 e. The zero-order chi connectivity index (χ0) is 3.58. The summed E-state index contributed by atoms with van der Waals surface area (Å²) in [5, 5.41) is 6.41. The highest BCUT2D eigenvalue weighted by molar-refractivity contribution is 8.74. The van der Waals surface area contributed by atoms with E-state index in [4.69, 9.17) is 5.16 Å². The fourth-order valence-corrected chi connectivity index (χ4v) is 0. The topological polar surface area (TPSA) is 23.9 Å². The Morgan fingerprint density at radius 2 is 1.50 bits per heavy atom. The molecule has 1 nitrogen and oxygen atoms in total. The Balaban J connectivity index is 2.80. The summed E-state index contributed by atoms with van der Waals surface area (Å²) in [7, 11) is 0. The fourth-order valence-electron chi connectivity index (χ4n) is 0. The second kappa shape index (κ2) is 2.18. The molecule has 0 saturated heterocycles. The summed E-state index contributed by atoms with van der Waals surface area (Å²) < 4.78 is 0. The SMILES string of the molecule is N=[PH](S)S. The molecule has 0 rings (SSSR count). The summed E-state index contributed by atoms with van der Waals surface area (Å²) in [6.07, 6.45) is -1.24. The third-order valence-electron chi connectivity index (χ3n) is 0. The van der Waals surface area contributed by atoms with Crippen LogP contribution in [-0.2, 0) is 0 Å². The zero-order valence-electron chi connectivity index (χ0n) is 1.89. The van der Waals surface area contributed by atoms with Gasteiger partial charge in [-0.05, 0) is 0 Å². The first-order valence-electron chi connectivity index (χ1n) is 0.697. The molecule has 26 valence electrons. The van der Waals surface area contributed by atoms with Crippen molar-refractivity contribution in [1.29, 1.82) is 5.16 Å². The van der Waals surface area contributed by atoms with E-state index in [1.54, 1.807) is 0 Å². The molecule has 0 atom stereocenters. The van der Waals surface area contributed by atoms with Crippen LogP contribution in [0.25, 0.3) is 0 Å². The number of hydrogen-bond acceptors (Lipinski definition) is 1. The summed E-state index contributed by atoms with van der Waals surface area (Å²) in [6, 6.07) is 0. The third kappa shape index (κ3) is 12.6. The zero-order valence-corrected chi connectivity index (χ0v) is 4.68. The molecular formula is H4NPS2. The van der Waals surface area contributed by atoms with Gasteiger partial charge in [-0.2, -0.15) is 0 Å². The molecule has 0 fully saturated rings. The molecule has 0 radical (unpaired) electrons. The highest BCUT2D eigenvalue weighted by atomic mass is 33.0. The number of rotatable bonds is 0. The predicted molar refractivity (Wildman–Crippen MR) is 29.0 cm³/mol. The quantitative estimate of drug-likeness (QED) is 0.314. The maximum Gasteiger partial charge on any atom is 0.0529 e. The highest BCUT2D eigenvalue weighted by Crippen LogP contribution is 2.30. The van der Waals surface area contributed by atoms with E-state index in [0.717, 1.165) is 0 Å². The molecule has 0 aromatic carbocycles. The van der Waals surface area contributed by atoms with Gasteiger partial charge in [0.05, 0.1) is 6.12 Å². The standard InChI is InChI=1S/H4NPS2/c1-2(3)4/h2H,(H3,1,3,4). The van der Waals surface area contributed by atoms with Gasteiger partial charge in [-0.3, -0.25) is 0 Å². The maximum atomic E-state index is 6.41. The van der Waals surface area contributed by atoms with E-state index in [1.807, 2.05) is 0 Å². The van der Waals surface area contributed by atoms with Crippen LogP contribution < -0.4 is 0 Å². The van der Waals surface area contributed by atoms with Crippen LogP contribution in [0.3, 0.4) is 0 Å². The minimum absolute atomic E-state index is 1.24. The van der Waals surface area contributed by atoms with Crippen molar-refractivity contribution in [1.82, 2.24) is 0 Å². The van der Waals surface area contributed by atoms with Crippen LogP contribution in [0.4, 0.5) is 0 Å². The van der Waals surface area contributed by atoms with Gasteiger partial charge in [0.2, 0.25) is 0 Å². The van der Waals surface area contributed by atoms with Gasteiger partial charge in [-0.15, -0.1) is 24.5 Å². The molecule has 0 amide bonds. The highest BCUT2D eigenvalue weighted by Gasteiger charge is 1.53. The lowest BCUT2D eigenvalue weighted by Gasteiger charge is -1.64. The first-order chi connectivity index (χ1) is 1.73. The summed E-state index contributed by atoms with van der Waals surface area (Å²) in [5.74, 6) is 0. The second-order valence-corrected chi connectivity index (χ2v) is 4.71. The van der Waals surface area contributed by atoms with Gasteiger partial charge in [0.15, 0.2) is 0 Å². The second-order valence-electron chi connectivity index (χ2n) is 0.324. The average molecular weight is 113 g/mol. The van der Waals surface area contributed by atoms with Crippen LogP contribution in [0.15, 0.2) is 0 Å². The number of hydrogen-bond donors (Lipinski definition) is 3. The van der Waals surface area contributed by atoms with Gasteiger partial charge in [0.25, 0.3) is 0 Å². The Labute approximate surface area is 36.4 Å². The number of nitrogens with one attached hydrogen (secondary N) is 1. The van der Waals surface area contributed by atoms with Crippen molar-refractivity contribution in [3.63, 3.8) is 0 Å². The Kier molecular flexibility index (Phi) is 2.69. The summed E-state index contributed by atoms with van der Waals surface area (Å²) in [6.45, 7) is 0. The Bertz CT molecular complexity index is 29.0. The van der Waals surface area contributed by atoms with Gasteiger partial charge in [0.1, 0.15) is 0 Å². The predicted octanol–water partition coefficient (Wildman–Crippen LogP) is 1.65. The van der Waals surface area contributed by atoms with E-state index in [2.05, 4.69) is 24.5 Å². The van der Waals surface area contributed by atoms with E-state index >= 15 is 0 Å². The van der Waals surface area contributed by atoms with Crippen molar-refractivity contribution < 1.29 is 0 Å². The van der Waals surface area contributed by atoms with Gasteiger partial charge in [-0.1, -0.05) is 0 Å². The minimum atomic E-state index is -1.24. The molecule has 1 N–H and O–H groups in total. The van der Waals surface area contributed by atoms with E-state index in [9.17, 15) is 0 Å². The normalized spacial score (nSPS) is 8.75. The lowest BCUT2D eigenvalue weighted by Crippen LogP contribution is -0.916. The van der Waals surface area contributed by atoms with Crippen LogP contribution in [0.1, 0.15) is 0 Å². The van der Waals surface area contributed by atoms with Gasteiger partial charge >= 0.3 is 0 Å². The van der Waals surface area contributed by atoms with Crippen molar-refractivity contribution in [3.05, 3.63) is 0 Å². The van der Waals surface area contributed by atoms with Crippen molar-refractivity contribution in [2.24, 2.45) is 0 Å². The molecule has 0 aliphatic carbocycles. The van der Waals surface area contributed by atoms with Crippen LogP contribution in [0.5, 0.6) is 0 Å². The van der Waals surface area contributed by atoms with Crippen molar-refractivity contribution in [2.75, 3.05) is 0 Å². The lowest BCUT2D eigenvalue weighted by molar-refractivity contribution is 1.66. The Morgan fingerprint density at radius 3 is 1.50 bits per heavy atom. The molecule has 0 spiro atoms. The largest absolute Gasteiger partial charge is 0.301 e. The van der Waals surface area contributed by atoms with E-state index in [1.165, 1.54) is 0 Å². The Hall–Kier alpha value is 0.930. The van der Waals surface area contributed by atoms with E-state index in [0.29, 0.717) is 0 Å². The molecule has 0 aliphatic heterocycles. The van der Waals surface area contributed by atoms with Crippen LogP contribution in [0.2, 0.25) is 0 Å². The van der Waals surface area contributed by atoms with Gasteiger partial charge in [-0.25, -0.2) is 0 Å². The Morgan fingerprint density at radius 1 is 1.50 bits per heavy atom. The molecule has 0 heterocycles. The van der Waals surface area contributed by atoms with Crippen LogP contribution in [-0.4, -0.2) is 0 Å². The first-order valence-corrected chi connectivity index (χ1v) is 4.77.